The normalized spacial score (nSPS) is 51.1. The van der Waals surface area contributed by atoms with Gasteiger partial charge >= 0.3 is 0 Å². The van der Waals surface area contributed by atoms with Gasteiger partial charge in [0.25, 0.3) is 0 Å². The highest BCUT2D eigenvalue weighted by Crippen LogP contribution is 2.63. The Bertz CT molecular complexity index is 488. The summed E-state index contributed by atoms with van der Waals surface area (Å²) in [5.74, 6) is 3.63. The molecule has 3 fully saturated rings. The molecule has 3 saturated carbocycles. The molecule has 0 radical (unpaired) electrons. The van der Waals surface area contributed by atoms with Crippen LogP contribution >= 0.6 is 0 Å². The van der Waals surface area contributed by atoms with Crippen LogP contribution in [0.15, 0.2) is 23.3 Å². The molecular weight excluding hydrogens is 256 g/mol. The molecule has 1 nitrogen and oxygen atoms in total. The summed E-state index contributed by atoms with van der Waals surface area (Å²) in [6, 6.07) is 0. The van der Waals surface area contributed by atoms with Crippen molar-refractivity contribution in [3.8, 4) is 0 Å². The summed E-state index contributed by atoms with van der Waals surface area (Å²) < 4.78 is 0. The Morgan fingerprint density at radius 3 is 2.76 bits per heavy atom. The number of hydrogen-bond donors (Lipinski definition) is 1. The first-order valence-corrected chi connectivity index (χ1v) is 9.18. The molecule has 0 saturated heterocycles. The largest absolute Gasteiger partial charge is 0.389 e. The molecule has 1 heteroatoms. The lowest BCUT2D eigenvalue weighted by atomic mass is 9.52. The van der Waals surface area contributed by atoms with Gasteiger partial charge in [0.1, 0.15) is 0 Å². The van der Waals surface area contributed by atoms with E-state index in [9.17, 15) is 5.11 Å². The lowest BCUT2D eigenvalue weighted by Crippen LogP contribution is -2.45. The van der Waals surface area contributed by atoms with Gasteiger partial charge in [-0.25, -0.2) is 0 Å². The fraction of sp³-hybridized carbons (Fsp3) is 0.800. The number of rotatable bonds is 0. The Balaban J connectivity index is 1.63. The molecule has 0 aromatic heterocycles. The monoisotopic (exact) mass is 286 g/mol. The molecular formula is C20H30O. The molecule has 0 spiro atoms. The van der Waals surface area contributed by atoms with Crippen molar-refractivity contribution in [3.63, 3.8) is 0 Å². The smallest absolute Gasteiger partial charge is 0.0723 e. The molecule has 21 heavy (non-hydrogen) atoms. The topological polar surface area (TPSA) is 20.2 Å². The predicted molar refractivity (Wildman–Crippen MR) is 86.8 cm³/mol. The summed E-state index contributed by atoms with van der Waals surface area (Å²) in [4.78, 5) is 0. The first-order valence-electron chi connectivity index (χ1n) is 9.18. The molecule has 116 valence electrons. The van der Waals surface area contributed by atoms with Crippen LogP contribution in [0.25, 0.3) is 0 Å². The highest BCUT2D eigenvalue weighted by molar-refractivity contribution is 5.26. The Kier molecular flexibility index (Phi) is 3.33. The van der Waals surface area contributed by atoms with Gasteiger partial charge in [-0.2, -0.15) is 0 Å². The van der Waals surface area contributed by atoms with E-state index in [4.69, 9.17) is 0 Å². The molecule has 0 bridgehead atoms. The van der Waals surface area contributed by atoms with E-state index in [0.717, 1.165) is 30.1 Å². The summed E-state index contributed by atoms with van der Waals surface area (Å²) in [5, 5.41) is 9.92. The molecule has 4 aliphatic rings. The SMILES string of the molecule is CC=C1CCC2C3CCC4=C[C@@H](O)CC[C@@H]4C3CC[C@]12C. The van der Waals surface area contributed by atoms with Gasteiger partial charge < -0.3 is 5.11 Å². The van der Waals surface area contributed by atoms with Crippen LogP contribution in [0.3, 0.4) is 0 Å². The summed E-state index contributed by atoms with van der Waals surface area (Å²) in [6.45, 7) is 4.81. The lowest BCUT2D eigenvalue weighted by Gasteiger charge is -2.53. The summed E-state index contributed by atoms with van der Waals surface area (Å²) >= 11 is 0. The van der Waals surface area contributed by atoms with Crippen molar-refractivity contribution in [1.29, 1.82) is 0 Å². The van der Waals surface area contributed by atoms with Crippen molar-refractivity contribution in [2.24, 2.45) is 29.1 Å². The number of allylic oxidation sites excluding steroid dienone is 3. The maximum absolute atomic E-state index is 9.92. The van der Waals surface area contributed by atoms with E-state index >= 15 is 0 Å². The quantitative estimate of drug-likeness (QED) is 0.630. The van der Waals surface area contributed by atoms with E-state index < -0.39 is 0 Å². The number of aliphatic hydroxyl groups is 1. The van der Waals surface area contributed by atoms with Crippen molar-refractivity contribution >= 4 is 0 Å². The second-order valence-corrected chi connectivity index (χ2v) is 8.27. The number of hydrogen-bond acceptors (Lipinski definition) is 1. The zero-order valence-electron chi connectivity index (χ0n) is 13.6. The molecule has 1 N–H and O–H groups in total. The van der Waals surface area contributed by atoms with Gasteiger partial charge in [-0.1, -0.05) is 30.2 Å². The fourth-order valence-electron chi connectivity index (χ4n) is 6.63. The second kappa shape index (κ2) is 4.98. The fourth-order valence-corrected chi connectivity index (χ4v) is 6.63. The summed E-state index contributed by atoms with van der Waals surface area (Å²) in [6.07, 6.45) is 15.0. The van der Waals surface area contributed by atoms with Gasteiger partial charge in [0, 0.05) is 0 Å². The first kappa shape index (κ1) is 14.1. The van der Waals surface area contributed by atoms with Crippen molar-refractivity contribution in [3.05, 3.63) is 23.3 Å². The second-order valence-electron chi connectivity index (χ2n) is 8.27. The van der Waals surface area contributed by atoms with Gasteiger partial charge in [-0.3, -0.25) is 0 Å². The van der Waals surface area contributed by atoms with Gasteiger partial charge in [0.15, 0.2) is 0 Å². The minimum absolute atomic E-state index is 0.150. The molecule has 4 rings (SSSR count). The molecule has 0 aliphatic heterocycles. The van der Waals surface area contributed by atoms with E-state index in [1.807, 2.05) is 0 Å². The molecule has 0 aromatic rings. The van der Waals surface area contributed by atoms with Crippen LogP contribution in [-0.2, 0) is 0 Å². The van der Waals surface area contributed by atoms with Crippen LogP contribution in [0.1, 0.15) is 65.2 Å². The Morgan fingerprint density at radius 2 is 1.95 bits per heavy atom. The van der Waals surface area contributed by atoms with Gasteiger partial charge in [-0.15, -0.1) is 0 Å². The highest BCUT2D eigenvalue weighted by Gasteiger charge is 2.53. The number of fused-ring (bicyclic) bond motifs is 5. The maximum Gasteiger partial charge on any atom is 0.0723 e. The van der Waals surface area contributed by atoms with Crippen LogP contribution in [0, 0.1) is 29.1 Å². The first-order chi connectivity index (χ1) is 10.1. The zero-order chi connectivity index (χ0) is 14.6. The van der Waals surface area contributed by atoms with Gasteiger partial charge in [0.05, 0.1) is 6.10 Å². The zero-order valence-corrected chi connectivity index (χ0v) is 13.6. The molecule has 6 atom stereocenters. The third-order valence-corrected chi connectivity index (χ3v) is 7.63. The summed E-state index contributed by atoms with van der Waals surface area (Å²) in [7, 11) is 0. The lowest BCUT2D eigenvalue weighted by molar-refractivity contribution is 0.00827. The van der Waals surface area contributed by atoms with Crippen molar-refractivity contribution < 1.29 is 5.11 Å². The average molecular weight is 286 g/mol. The minimum atomic E-state index is -0.150. The molecule has 0 heterocycles. The van der Waals surface area contributed by atoms with E-state index in [0.29, 0.717) is 5.41 Å². The van der Waals surface area contributed by atoms with Crippen LogP contribution < -0.4 is 0 Å². The van der Waals surface area contributed by atoms with E-state index in [2.05, 4.69) is 26.0 Å². The maximum atomic E-state index is 9.92. The van der Waals surface area contributed by atoms with Crippen LogP contribution in [0.4, 0.5) is 0 Å². The summed E-state index contributed by atoms with van der Waals surface area (Å²) in [5.41, 5.74) is 3.89. The molecule has 0 amide bonds. The third kappa shape index (κ3) is 2.00. The minimum Gasteiger partial charge on any atom is -0.389 e. The van der Waals surface area contributed by atoms with Gasteiger partial charge in [-0.05, 0) is 87.4 Å². The van der Waals surface area contributed by atoms with E-state index in [-0.39, 0.29) is 6.10 Å². The van der Waals surface area contributed by atoms with Crippen LogP contribution in [0.2, 0.25) is 0 Å². The van der Waals surface area contributed by atoms with E-state index in [1.165, 1.54) is 44.9 Å². The van der Waals surface area contributed by atoms with Crippen molar-refractivity contribution in [2.45, 2.75) is 71.3 Å². The average Bonchev–Trinajstić information content (AvgIpc) is 2.83. The van der Waals surface area contributed by atoms with Gasteiger partial charge in [0.2, 0.25) is 0 Å². The molecule has 3 unspecified atom stereocenters. The van der Waals surface area contributed by atoms with E-state index in [1.54, 1.807) is 11.1 Å². The molecule has 4 aliphatic carbocycles. The van der Waals surface area contributed by atoms with Crippen molar-refractivity contribution in [2.75, 3.05) is 0 Å². The van der Waals surface area contributed by atoms with Crippen LogP contribution in [0.5, 0.6) is 0 Å². The Hall–Kier alpha value is -0.560. The van der Waals surface area contributed by atoms with Crippen LogP contribution in [-0.4, -0.2) is 11.2 Å². The predicted octanol–water partition coefficient (Wildman–Crippen LogP) is 4.87. The van der Waals surface area contributed by atoms with Crippen molar-refractivity contribution in [1.82, 2.24) is 0 Å². The number of aliphatic hydroxyl groups excluding tert-OH is 1. The Labute approximate surface area is 129 Å². The third-order valence-electron chi connectivity index (χ3n) is 7.63. The standard InChI is InChI=1S/C20H30O/c1-3-14-5-9-19-18-7-4-13-12-15(21)6-8-16(13)17(18)10-11-20(14,19)2/h3,12,15-19,21H,4-11H2,1-2H3/t15-,16-,17?,18?,19?,20+/m0/s1. The Morgan fingerprint density at radius 1 is 1.10 bits per heavy atom. The molecule has 0 aromatic carbocycles. The highest BCUT2D eigenvalue weighted by atomic mass is 16.3.